The van der Waals surface area contributed by atoms with Crippen LogP contribution in [0.15, 0.2) is 39.4 Å². The predicted octanol–water partition coefficient (Wildman–Crippen LogP) is 3.54. The van der Waals surface area contributed by atoms with E-state index in [4.69, 9.17) is 11.6 Å². The second-order valence-electron chi connectivity index (χ2n) is 4.40. The Labute approximate surface area is 129 Å². The zero-order valence-electron chi connectivity index (χ0n) is 11.1. The third-order valence-electron chi connectivity index (χ3n) is 2.95. The number of aromatic nitrogens is 3. The topological polar surface area (TPSA) is 73.9 Å². The van der Waals surface area contributed by atoms with Crippen molar-refractivity contribution in [3.63, 3.8) is 0 Å². The summed E-state index contributed by atoms with van der Waals surface area (Å²) in [6.45, 7) is 1.81. The number of hydrogen-bond donors (Lipinski definition) is 2. The number of rotatable bonds is 3. The van der Waals surface area contributed by atoms with Gasteiger partial charge in [-0.15, -0.1) is 11.3 Å². The molecule has 7 heteroatoms. The lowest BCUT2D eigenvalue weighted by Crippen LogP contribution is -2.04. The molecule has 0 aliphatic rings. The average Bonchev–Trinajstić information content (AvgIpc) is 3.06. The zero-order valence-corrected chi connectivity index (χ0v) is 12.6. The van der Waals surface area contributed by atoms with Crippen LogP contribution >= 0.6 is 22.9 Å². The lowest BCUT2D eigenvalue weighted by atomic mass is 10.2. The summed E-state index contributed by atoms with van der Waals surface area (Å²) in [5.74, 6) is 0. The molecule has 1 aromatic carbocycles. The fraction of sp³-hybridized carbons (Fsp3) is 0.0714. The minimum absolute atomic E-state index is 0.189. The fourth-order valence-electron chi connectivity index (χ4n) is 1.81. The smallest absolute Gasteiger partial charge is 0.272 e. The summed E-state index contributed by atoms with van der Waals surface area (Å²) in [7, 11) is 0. The average molecular weight is 319 g/mol. The first-order valence-electron chi connectivity index (χ1n) is 6.16. The van der Waals surface area contributed by atoms with Gasteiger partial charge >= 0.3 is 0 Å². The minimum Gasteiger partial charge on any atom is -0.302 e. The molecular formula is C14H11ClN4OS. The maximum atomic E-state index is 11.5. The first-order valence-corrected chi connectivity index (χ1v) is 7.42. The molecule has 0 atom stereocenters. The molecule has 0 fully saturated rings. The molecule has 2 aromatic heterocycles. The first-order chi connectivity index (χ1) is 10.1. The van der Waals surface area contributed by atoms with E-state index in [1.54, 1.807) is 6.92 Å². The lowest BCUT2D eigenvalue weighted by Gasteiger charge is -1.95. The van der Waals surface area contributed by atoms with Gasteiger partial charge in [-0.05, 0) is 19.1 Å². The standard InChI is InChI=1S/C14H11ClN4OS/c1-8-11(13(20)19-18-8)6-16-14-17-12(7-21-14)9-2-4-10(15)5-3-9/h2-7H,1H3,(H2,18,19,20). The van der Waals surface area contributed by atoms with Gasteiger partial charge in [0.2, 0.25) is 5.13 Å². The quantitative estimate of drug-likeness (QED) is 0.725. The number of H-pyrrole nitrogens is 2. The Morgan fingerprint density at radius 1 is 1.29 bits per heavy atom. The van der Waals surface area contributed by atoms with E-state index < -0.39 is 0 Å². The highest BCUT2D eigenvalue weighted by Crippen LogP contribution is 2.27. The Morgan fingerprint density at radius 2 is 2.05 bits per heavy atom. The van der Waals surface area contributed by atoms with Crippen molar-refractivity contribution in [3.8, 4) is 11.3 Å². The van der Waals surface area contributed by atoms with Gasteiger partial charge in [0.25, 0.3) is 5.56 Å². The molecule has 0 spiro atoms. The number of thiazole rings is 1. The van der Waals surface area contributed by atoms with Gasteiger partial charge in [-0.1, -0.05) is 23.7 Å². The second kappa shape index (κ2) is 5.67. The van der Waals surface area contributed by atoms with Crippen LogP contribution in [-0.2, 0) is 0 Å². The molecule has 0 amide bonds. The summed E-state index contributed by atoms with van der Waals surface area (Å²) in [4.78, 5) is 20.2. The summed E-state index contributed by atoms with van der Waals surface area (Å²) in [5, 5.41) is 8.47. The van der Waals surface area contributed by atoms with Crippen LogP contribution in [0.1, 0.15) is 11.3 Å². The molecule has 21 heavy (non-hydrogen) atoms. The van der Waals surface area contributed by atoms with Crippen LogP contribution in [0, 0.1) is 6.92 Å². The normalized spacial score (nSPS) is 11.3. The molecule has 0 radical (unpaired) electrons. The fourth-order valence-corrected chi connectivity index (χ4v) is 2.60. The van der Waals surface area contributed by atoms with E-state index >= 15 is 0 Å². The number of aryl methyl sites for hydroxylation is 1. The maximum absolute atomic E-state index is 11.5. The lowest BCUT2D eigenvalue weighted by molar-refractivity contribution is 1.02. The summed E-state index contributed by atoms with van der Waals surface area (Å²) in [6, 6.07) is 7.46. The number of halogens is 1. The van der Waals surface area contributed by atoms with E-state index in [0.29, 0.717) is 15.7 Å². The van der Waals surface area contributed by atoms with Crippen LogP contribution in [0.3, 0.4) is 0 Å². The molecule has 3 aromatic rings. The van der Waals surface area contributed by atoms with E-state index in [-0.39, 0.29) is 5.56 Å². The summed E-state index contributed by atoms with van der Waals surface area (Å²) in [6.07, 6.45) is 1.52. The van der Waals surface area contributed by atoms with Crippen LogP contribution in [0.2, 0.25) is 5.02 Å². The van der Waals surface area contributed by atoms with Crippen LogP contribution < -0.4 is 5.56 Å². The third-order valence-corrected chi connectivity index (χ3v) is 3.95. The Morgan fingerprint density at radius 3 is 2.71 bits per heavy atom. The number of hydrogen-bond acceptors (Lipinski definition) is 4. The predicted molar refractivity (Wildman–Crippen MR) is 86.0 cm³/mol. The zero-order chi connectivity index (χ0) is 14.8. The first kappa shape index (κ1) is 13.8. The van der Waals surface area contributed by atoms with Crippen molar-refractivity contribution in [2.45, 2.75) is 6.92 Å². The number of nitrogens with one attached hydrogen (secondary N) is 2. The van der Waals surface area contributed by atoms with E-state index in [0.717, 1.165) is 17.0 Å². The largest absolute Gasteiger partial charge is 0.302 e. The molecule has 0 aliphatic carbocycles. The Bertz CT molecular complexity index is 844. The van der Waals surface area contributed by atoms with Crippen LogP contribution in [0.5, 0.6) is 0 Å². The molecule has 2 N–H and O–H groups in total. The van der Waals surface area contributed by atoms with Crippen LogP contribution in [0.4, 0.5) is 5.13 Å². The highest BCUT2D eigenvalue weighted by atomic mass is 35.5. The highest BCUT2D eigenvalue weighted by molar-refractivity contribution is 7.13. The van der Waals surface area contributed by atoms with Crippen molar-refractivity contribution in [2.75, 3.05) is 0 Å². The Kier molecular flexibility index (Phi) is 3.72. The van der Waals surface area contributed by atoms with E-state index in [1.165, 1.54) is 17.6 Å². The molecule has 3 rings (SSSR count). The van der Waals surface area contributed by atoms with Gasteiger partial charge in [-0.2, -0.15) is 0 Å². The summed E-state index contributed by atoms with van der Waals surface area (Å²) in [5.41, 5.74) is 2.89. The molecule has 0 bridgehead atoms. The Hall–Kier alpha value is -2.18. The van der Waals surface area contributed by atoms with Crippen molar-refractivity contribution in [1.82, 2.24) is 15.2 Å². The van der Waals surface area contributed by atoms with Crippen molar-refractivity contribution < 1.29 is 0 Å². The summed E-state index contributed by atoms with van der Waals surface area (Å²) < 4.78 is 0. The highest BCUT2D eigenvalue weighted by Gasteiger charge is 2.05. The monoisotopic (exact) mass is 318 g/mol. The van der Waals surface area contributed by atoms with Crippen molar-refractivity contribution in [3.05, 3.63) is 56.3 Å². The molecule has 0 saturated heterocycles. The van der Waals surface area contributed by atoms with Gasteiger partial charge in [-0.3, -0.25) is 9.89 Å². The molecule has 5 nitrogen and oxygen atoms in total. The van der Waals surface area contributed by atoms with Gasteiger partial charge in [0.05, 0.1) is 11.3 Å². The number of aliphatic imine (C=N–C) groups is 1. The maximum Gasteiger partial charge on any atom is 0.272 e. The van der Waals surface area contributed by atoms with E-state index in [1.807, 2.05) is 29.6 Å². The van der Waals surface area contributed by atoms with Crippen molar-refractivity contribution in [2.24, 2.45) is 4.99 Å². The molecule has 0 unspecified atom stereocenters. The van der Waals surface area contributed by atoms with E-state index in [9.17, 15) is 4.79 Å². The van der Waals surface area contributed by atoms with Gasteiger partial charge in [0, 0.05) is 27.9 Å². The van der Waals surface area contributed by atoms with Crippen molar-refractivity contribution in [1.29, 1.82) is 0 Å². The molecular weight excluding hydrogens is 308 g/mol. The second-order valence-corrected chi connectivity index (χ2v) is 5.67. The minimum atomic E-state index is -0.189. The number of aromatic amines is 2. The van der Waals surface area contributed by atoms with Gasteiger partial charge in [0.15, 0.2) is 0 Å². The van der Waals surface area contributed by atoms with Crippen LogP contribution in [-0.4, -0.2) is 21.4 Å². The molecule has 0 aliphatic heterocycles. The molecule has 0 saturated carbocycles. The molecule has 2 heterocycles. The van der Waals surface area contributed by atoms with Gasteiger partial charge < -0.3 is 5.10 Å². The molecule has 106 valence electrons. The SMILES string of the molecule is Cc1[nH][nH]c(=O)c1C=Nc1nc(-c2ccc(Cl)cc2)cs1. The van der Waals surface area contributed by atoms with Crippen LogP contribution in [0.25, 0.3) is 11.3 Å². The van der Waals surface area contributed by atoms with Crippen molar-refractivity contribution >= 4 is 34.3 Å². The Balaban J connectivity index is 1.85. The number of benzene rings is 1. The van der Waals surface area contributed by atoms with Gasteiger partial charge in [-0.25, -0.2) is 9.98 Å². The summed E-state index contributed by atoms with van der Waals surface area (Å²) >= 11 is 7.28. The number of nitrogens with zero attached hydrogens (tertiary/aromatic N) is 2. The third kappa shape index (κ3) is 2.96. The van der Waals surface area contributed by atoms with E-state index in [2.05, 4.69) is 20.2 Å². The van der Waals surface area contributed by atoms with Gasteiger partial charge in [0.1, 0.15) is 0 Å².